The predicted octanol–water partition coefficient (Wildman–Crippen LogP) is 4.48. The van der Waals surface area contributed by atoms with Gasteiger partial charge in [-0.15, -0.1) is 0 Å². The lowest BCUT2D eigenvalue weighted by Crippen LogP contribution is -2.59. The molecule has 36 heavy (non-hydrogen) atoms. The van der Waals surface area contributed by atoms with Gasteiger partial charge >= 0.3 is 5.97 Å². The van der Waals surface area contributed by atoms with Crippen LogP contribution in [0.15, 0.2) is 18.2 Å². The number of fused-ring (bicyclic) bond motifs is 1. The fourth-order valence-electron chi connectivity index (χ4n) is 4.55. The van der Waals surface area contributed by atoms with E-state index in [9.17, 15) is 14.7 Å². The van der Waals surface area contributed by atoms with Gasteiger partial charge in [-0.05, 0) is 37.9 Å². The second kappa shape index (κ2) is 12.0. The number of carbonyl (C=O) groups is 2. The number of hydrogen-bond acceptors (Lipinski definition) is 7. The molecule has 0 radical (unpaired) electrons. The van der Waals surface area contributed by atoms with Crippen LogP contribution in [0.3, 0.4) is 0 Å². The van der Waals surface area contributed by atoms with Crippen LogP contribution < -0.4 is 15.5 Å². The summed E-state index contributed by atoms with van der Waals surface area (Å²) in [5.74, 6) is -0.986. The fourth-order valence-corrected chi connectivity index (χ4v) is 5.92. The Hall–Kier alpha value is -2.69. The molecule has 1 aliphatic rings. The largest absolute Gasteiger partial charge is 0.478 e. The molecule has 0 spiro atoms. The van der Waals surface area contributed by atoms with Gasteiger partial charge < -0.3 is 25.6 Å². The number of amides is 1. The number of carbonyl (C=O) groups excluding carboxylic acids is 1. The van der Waals surface area contributed by atoms with E-state index < -0.39 is 5.97 Å². The number of rotatable bonds is 11. The van der Waals surface area contributed by atoms with Crippen molar-refractivity contribution < 1.29 is 14.7 Å². The zero-order chi connectivity index (χ0) is 25.7. The minimum absolute atomic E-state index is 0.00589. The summed E-state index contributed by atoms with van der Waals surface area (Å²) in [5, 5.41) is 17.5. The van der Waals surface area contributed by atoms with Gasteiger partial charge in [0.05, 0.1) is 21.5 Å². The third-order valence-corrected chi connectivity index (χ3v) is 8.05. The summed E-state index contributed by atoms with van der Waals surface area (Å²) in [4.78, 5) is 38.7. The van der Waals surface area contributed by atoms with Gasteiger partial charge in [0.1, 0.15) is 0 Å². The second-order valence-electron chi connectivity index (χ2n) is 9.10. The van der Waals surface area contributed by atoms with Gasteiger partial charge in [0, 0.05) is 25.2 Å². The van der Waals surface area contributed by atoms with Crippen LogP contribution >= 0.6 is 22.9 Å². The second-order valence-corrected chi connectivity index (χ2v) is 10.4. The van der Waals surface area contributed by atoms with Gasteiger partial charge in [0.25, 0.3) is 5.91 Å². The number of imidazole rings is 1. The highest BCUT2D eigenvalue weighted by molar-refractivity contribution is 7.22. The zero-order valence-corrected chi connectivity index (χ0v) is 22.2. The number of carboxylic acid groups (broad SMARTS) is 1. The molecule has 2 atom stereocenters. The maximum Gasteiger partial charge on any atom is 0.337 e. The lowest BCUT2D eigenvalue weighted by Gasteiger charge is -2.39. The van der Waals surface area contributed by atoms with Gasteiger partial charge in [0.15, 0.2) is 16.1 Å². The van der Waals surface area contributed by atoms with E-state index in [1.54, 1.807) is 12.1 Å². The molecule has 0 aliphatic carbocycles. The minimum Gasteiger partial charge on any atom is -0.478 e. The van der Waals surface area contributed by atoms with Crippen molar-refractivity contribution in [2.75, 3.05) is 24.5 Å². The molecule has 1 aliphatic heterocycles. The molecule has 0 unspecified atom stereocenters. The van der Waals surface area contributed by atoms with E-state index in [-0.39, 0.29) is 29.4 Å². The number of benzene rings is 1. The van der Waals surface area contributed by atoms with Crippen molar-refractivity contribution in [1.29, 1.82) is 0 Å². The molecule has 9 nitrogen and oxygen atoms in total. The molecule has 1 fully saturated rings. The van der Waals surface area contributed by atoms with Crippen molar-refractivity contribution in [2.24, 2.45) is 0 Å². The Balaban J connectivity index is 1.49. The molecule has 1 amide bonds. The van der Waals surface area contributed by atoms with Crippen LogP contribution in [0.25, 0.3) is 10.2 Å². The van der Waals surface area contributed by atoms with E-state index in [2.05, 4.69) is 32.4 Å². The number of thiazole rings is 1. The van der Waals surface area contributed by atoms with E-state index in [0.717, 1.165) is 36.6 Å². The number of aromatic nitrogens is 3. The zero-order valence-electron chi connectivity index (χ0n) is 20.6. The number of aromatic amines is 1. The molecule has 1 saturated heterocycles. The number of halogens is 1. The predicted molar refractivity (Wildman–Crippen MR) is 144 cm³/mol. The number of unbranched alkanes of at least 4 members (excludes halogenated alkanes) is 3. The third-order valence-electron chi connectivity index (χ3n) is 6.57. The van der Waals surface area contributed by atoms with Gasteiger partial charge in [-0.3, -0.25) is 4.79 Å². The first-order chi connectivity index (χ1) is 17.4. The number of piperidine rings is 1. The summed E-state index contributed by atoms with van der Waals surface area (Å²) in [7, 11) is 0. The summed E-state index contributed by atoms with van der Waals surface area (Å²) in [6, 6.07) is 5.10. The highest BCUT2D eigenvalue weighted by Gasteiger charge is 2.32. The summed E-state index contributed by atoms with van der Waals surface area (Å²) >= 11 is 7.54. The first kappa shape index (κ1) is 26.4. The van der Waals surface area contributed by atoms with Crippen molar-refractivity contribution >= 4 is 50.2 Å². The molecule has 4 rings (SSSR count). The van der Waals surface area contributed by atoms with Crippen LogP contribution in [-0.4, -0.2) is 63.7 Å². The normalized spacial score (nSPS) is 18.0. The highest BCUT2D eigenvalue weighted by Crippen LogP contribution is 2.33. The Kier molecular flexibility index (Phi) is 8.81. The molecule has 1 aromatic carbocycles. The standard InChI is InChI=1S/C25H33ClN6O3S/c1-3-5-6-7-12-27-19-14-32(25-30-18-10-8-9-15(24(34)35)20(18)36-25)13-11-17(19)29-23(33)22-28-16(4-2)21(26)31-22/h8-10,17,19,27H,3-7,11-14H2,1-2H3,(H,28,31)(H,29,33)(H,34,35)/t17-,19+/m1/s1. The Labute approximate surface area is 219 Å². The summed E-state index contributed by atoms with van der Waals surface area (Å²) < 4.78 is 0.681. The first-order valence-corrected chi connectivity index (χ1v) is 13.8. The van der Waals surface area contributed by atoms with Gasteiger partial charge in [-0.25, -0.2) is 14.8 Å². The fraction of sp³-hybridized carbons (Fsp3) is 0.520. The monoisotopic (exact) mass is 532 g/mol. The van der Waals surface area contributed by atoms with Gasteiger partial charge in [-0.2, -0.15) is 0 Å². The third kappa shape index (κ3) is 5.99. The van der Waals surface area contributed by atoms with E-state index in [4.69, 9.17) is 16.6 Å². The Morgan fingerprint density at radius 3 is 2.78 bits per heavy atom. The lowest BCUT2D eigenvalue weighted by atomic mass is 9.99. The summed E-state index contributed by atoms with van der Waals surface area (Å²) in [6.07, 6.45) is 6.01. The quantitative estimate of drug-likeness (QED) is 0.268. The van der Waals surface area contributed by atoms with Crippen LogP contribution in [0.2, 0.25) is 5.15 Å². The van der Waals surface area contributed by atoms with E-state index >= 15 is 0 Å². The average molecular weight is 533 g/mol. The molecule has 0 bridgehead atoms. The van der Waals surface area contributed by atoms with Crippen LogP contribution in [0.1, 0.15) is 72.6 Å². The van der Waals surface area contributed by atoms with E-state index in [0.29, 0.717) is 34.9 Å². The van der Waals surface area contributed by atoms with Gasteiger partial charge in [0.2, 0.25) is 0 Å². The van der Waals surface area contributed by atoms with Crippen molar-refractivity contribution in [1.82, 2.24) is 25.6 Å². The first-order valence-electron chi connectivity index (χ1n) is 12.6. The molecule has 11 heteroatoms. The lowest BCUT2D eigenvalue weighted by molar-refractivity contribution is 0.0699. The average Bonchev–Trinajstić information content (AvgIpc) is 3.47. The number of aryl methyl sites for hydroxylation is 1. The number of hydrogen-bond donors (Lipinski definition) is 4. The molecule has 3 heterocycles. The van der Waals surface area contributed by atoms with Crippen molar-refractivity contribution in [3.8, 4) is 0 Å². The Morgan fingerprint density at radius 2 is 2.06 bits per heavy atom. The van der Waals surface area contributed by atoms with Crippen molar-refractivity contribution in [2.45, 2.75) is 64.5 Å². The maximum absolute atomic E-state index is 13.0. The van der Waals surface area contributed by atoms with Crippen LogP contribution in [0, 0.1) is 0 Å². The molecule has 4 N–H and O–H groups in total. The topological polar surface area (TPSA) is 123 Å². The summed E-state index contributed by atoms with van der Waals surface area (Å²) in [5.41, 5.74) is 1.71. The van der Waals surface area contributed by atoms with Crippen LogP contribution in [0.5, 0.6) is 0 Å². The molecular weight excluding hydrogens is 500 g/mol. The van der Waals surface area contributed by atoms with Gasteiger partial charge in [-0.1, -0.05) is 62.1 Å². The smallest absolute Gasteiger partial charge is 0.337 e. The Morgan fingerprint density at radius 1 is 1.22 bits per heavy atom. The molecule has 3 aromatic rings. The number of H-pyrrole nitrogens is 1. The van der Waals surface area contributed by atoms with Crippen molar-refractivity contribution in [3.05, 3.63) is 40.4 Å². The molecule has 2 aromatic heterocycles. The number of aromatic carboxylic acids is 1. The SMILES string of the molecule is CCCCCCN[C@H]1CN(c2nc3cccc(C(=O)O)c3s2)CC[C@H]1NC(=O)c1nc(Cl)c(CC)[nH]1. The molecule has 194 valence electrons. The minimum atomic E-state index is -0.951. The Bertz CT molecular complexity index is 1210. The van der Waals surface area contributed by atoms with Crippen LogP contribution in [-0.2, 0) is 6.42 Å². The number of nitrogens with one attached hydrogen (secondary N) is 3. The molecule has 0 saturated carbocycles. The maximum atomic E-state index is 13.0. The van der Waals surface area contributed by atoms with E-state index in [1.165, 1.54) is 24.2 Å². The number of nitrogens with zero attached hydrogens (tertiary/aromatic N) is 3. The van der Waals surface area contributed by atoms with Crippen molar-refractivity contribution in [3.63, 3.8) is 0 Å². The number of carboxylic acids is 1. The van der Waals surface area contributed by atoms with E-state index in [1.807, 2.05) is 13.0 Å². The summed E-state index contributed by atoms with van der Waals surface area (Å²) in [6.45, 7) is 6.36. The number of anilines is 1. The highest BCUT2D eigenvalue weighted by atomic mass is 35.5. The molecular formula is C25H33ClN6O3S. The van der Waals surface area contributed by atoms with Crippen LogP contribution in [0.4, 0.5) is 5.13 Å².